The van der Waals surface area contributed by atoms with Crippen LogP contribution in [0.4, 0.5) is 8.78 Å². The lowest BCUT2D eigenvalue weighted by Gasteiger charge is -2.08. The molecular formula is C10H13ClF2N2O. The van der Waals surface area contributed by atoms with Crippen LogP contribution < -0.4 is 11.1 Å². The van der Waals surface area contributed by atoms with Gasteiger partial charge in [0, 0.05) is 17.7 Å². The van der Waals surface area contributed by atoms with Gasteiger partial charge in [0.2, 0.25) is 6.41 Å². The molecule has 90 valence electrons. The number of benzene rings is 1. The second-order valence-corrected chi connectivity index (χ2v) is 3.04. The molecular weight excluding hydrogens is 238 g/mol. The van der Waals surface area contributed by atoms with Gasteiger partial charge in [-0.3, -0.25) is 4.79 Å². The van der Waals surface area contributed by atoms with Gasteiger partial charge in [-0.2, -0.15) is 0 Å². The first-order valence-corrected chi connectivity index (χ1v) is 4.53. The summed E-state index contributed by atoms with van der Waals surface area (Å²) in [5.74, 6) is -1.23. The number of rotatable bonds is 5. The van der Waals surface area contributed by atoms with E-state index in [1.54, 1.807) is 0 Å². The SMILES string of the molecule is Cl.NCCc1c(F)ccc(CNC=O)c1F. The van der Waals surface area contributed by atoms with Crippen LogP contribution in [0.25, 0.3) is 0 Å². The quantitative estimate of drug-likeness (QED) is 0.770. The summed E-state index contributed by atoms with van der Waals surface area (Å²) in [6.45, 7) is 0.228. The molecule has 0 spiro atoms. The number of carbonyl (C=O) groups is 1. The van der Waals surface area contributed by atoms with E-state index < -0.39 is 11.6 Å². The van der Waals surface area contributed by atoms with E-state index in [0.717, 1.165) is 0 Å². The van der Waals surface area contributed by atoms with Crippen LogP contribution in [-0.2, 0) is 17.8 Å². The largest absolute Gasteiger partial charge is 0.354 e. The Morgan fingerprint density at radius 3 is 2.62 bits per heavy atom. The summed E-state index contributed by atoms with van der Waals surface area (Å²) < 4.78 is 26.7. The van der Waals surface area contributed by atoms with Gasteiger partial charge in [-0.1, -0.05) is 6.07 Å². The van der Waals surface area contributed by atoms with Crippen molar-refractivity contribution in [3.05, 3.63) is 34.9 Å². The molecule has 16 heavy (non-hydrogen) atoms. The Labute approximate surface area is 98.4 Å². The Kier molecular flexibility index (Phi) is 6.60. The Hall–Kier alpha value is -1.20. The number of nitrogens with one attached hydrogen (secondary N) is 1. The predicted molar refractivity (Wildman–Crippen MR) is 59.3 cm³/mol. The molecule has 1 rings (SSSR count). The first kappa shape index (κ1) is 14.8. The lowest BCUT2D eigenvalue weighted by Crippen LogP contribution is -2.14. The molecule has 6 heteroatoms. The molecule has 1 amide bonds. The van der Waals surface area contributed by atoms with E-state index in [2.05, 4.69) is 5.32 Å². The van der Waals surface area contributed by atoms with Crippen molar-refractivity contribution in [2.45, 2.75) is 13.0 Å². The van der Waals surface area contributed by atoms with Crippen molar-refractivity contribution in [1.82, 2.24) is 5.32 Å². The maximum Gasteiger partial charge on any atom is 0.207 e. The fourth-order valence-corrected chi connectivity index (χ4v) is 1.31. The lowest BCUT2D eigenvalue weighted by atomic mass is 10.1. The van der Waals surface area contributed by atoms with E-state index in [0.29, 0.717) is 6.41 Å². The summed E-state index contributed by atoms with van der Waals surface area (Å²) in [7, 11) is 0. The van der Waals surface area contributed by atoms with Crippen molar-refractivity contribution in [2.75, 3.05) is 6.54 Å². The maximum atomic E-state index is 13.6. The Morgan fingerprint density at radius 1 is 1.38 bits per heavy atom. The molecule has 0 heterocycles. The van der Waals surface area contributed by atoms with Gasteiger partial charge in [0.25, 0.3) is 0 Å². The van der Waals surface area contributed by atoms with E-state index >= 15 is 0 Å². The van der Waals surface area contributed by atoms with E-state index in [1.807, 2.05) is 0 Å². The molecule has 3 nitrogen and oxygen atoms in total. The van der Waals surface area contributed by atoms with Gasteiger partial charge in [0.1, 0.15) is 11.6 Å². The highest BCUT2D eigenvalue weighted by Gasteiger charge is 2.12. The molecule has 0 unspecified atom stereocenters. The van der Waals surface area contributed by atoms with Crippen LogP contribution >= 0.6 is 12.4 Å². The summed E-state index contributed by atoms with van der Waals surface area (Å²) in [6.07, 6.45) is 0.609. The Bertz CT molecular complexity index is 361. The molecule has 1 aromatic rings. The van der Waals surface area contributed by atoms with Crippen molar-refractivity contribution >= 4 is 18.8 Å². The molecule has 1 aromatic carbocycles. The van der Waals surface area contributed by atoms with Crippen molar-refractivity contribution < 1.29 is 13.6 Å². The Balaban J connectivity index is 0.00000225. The minimum Gasteiger partial charge on any atom is -0.354 e. The summed E-state index contributed by atoms with van der Waals surface area (Å²) in [4.78, 5) is 10.0. The zero-order valence-corrected chi connectivity index (χ0v) is 9.32. The van der Waals surface area contributed by atoms with Crippen LogP contribution in [0.1, 0.15) is 11.1 Å². The fourth-order valence-electron chi connectivity index (χ4n) is 1.31. The van der Waals surface area contributed by atoms with Gasteiger partial charge in [0.05, 0.1) is 0 Å². The topological polar surface area (TPSA) is 55.1 Å². The second kappa shape index (κ2) is 7.14. The molecule has 0 fully saturated rings. The number of carbonyl (C=O) groups excluding carboxylic acids is 1. The zero-order chi connectivity index (χ0) is 11.3. The fraction of sp³-hybridized carbons (Fsp3) is 0.300. The lowest BCUT2D eigenvalue weighted by molar-refractivity contribution is -0.109. The molecule has 0 aliphatic heterocycles. The van der Waals surface area contributed by atoms with Crippen molar-refractivity contribution in [2.24, 2.45) is 5.73 Å². The van der Waals surface area contributed by atoms with Crippen LogP contribution in [0.2, 0.25) is 0 Å². The van der Waals surface area contributed by atoms with Gasteiger partial charge in [-0.05, 0) is 19.0 Å². The first-order valence-electron chi connectivity index (χ1n) is 4.53. The highest BCUT2D eigenvalue weighted by Crippen LogP contribution is 2.17. The molecule has 0 radical (unpaired) electrons. The van der Waals surface area contributed by atoms with Gasteiger partial charge in [-0.25, -0.2) is 8.78 Å². The summed E-state index contributed by atoms with van der Waals surface area (Å²) in [6, 6.07) is 2.48. The molecule has 3 N–H and O–H groups in total. The standard InChI is InChI=1S/C10H12F2N2O.ClH/c11-9-2-1-7(5-14-6-15)10(12)8(9)3-4-13;/h1-2,6H,3-5,13H2,(H,14,15);1H. The number of nitrogens with two attached hydrogens (primary N) is 1. The van der Waals surface area contributed by atoms with Crippen LogP contribution in [0.3, 0.4) is 0 Å². The average molecular weight is 251 g/mol. The molecule has 0 aliphatic carbocycles. The third kappa shape index (κ3) is 3.43. The number of amides is 1. The Morgan fingerprint density at radius 2 is 2.06 bits per heavy atom. The normalized spacial score (nSPS) is 9.44. The van der Waals surface area contributed by atoms with E-state index in [9.17, 15) is 13.6 Å². The third-order valence-corrected chi connectivity index (χ3v) is 2.04. The number of hydrogen-bond acceptors (Lipinski definition) is 2. The van der Waals surface area contributed by atoms with Crippen LogP contribution in [-0.4, -0.2) is 13.0 Å². The molecule has 0 saturated heterocycles. The zero-order valence-electron chi connectivity index (χ0n) is 8.50. The van der Waals surface area contributed by atoms with Crippen molar-refractivity contribution in [3.8, 4) is 0 Å². The average Bonchev–Trinajstić information content (AvgIpc) is 2.23. The smallest absolute Gasteiger partial charge is 0.207 e. The van der Waals surface area contributed by atoms with Gasteiger partial charge in [-0.15, -0.1) is 12.4 Å². The minimum absolute atomic E-state index is 0. The second-order valence-electron chi connectivity index (χ2n) is 3.04. The maximum absolute atomic E-state index is 13.6. The molecule has 0 aromatic heterocycles. The van der Waals surface area contributed by atoms with Crippen LogP contribution in [0.15, 0.2) is 12.1 Å². The predicted octanol–water partition coefficient (Wildman–Crippen LogP) is 1.13. The summed E-state index contributed by atoms with van der Waals surface area (Å²) in [5.41, 5.74) is 5.47. The molecule has 0 atom stereocenters. The number of hydrogen-bond donors (Lipinski definition) is 2. The third-order valence-electron chi connectivity index (χ3n) is 2.04. The van der Waals surface area contributed by atoms with Crippen LogP contribution in [0, 0.1) is 11.6 Å². The summed E-state index contributed by atoms with van der Waals surface area (Å²) >= 11 is 0. The van der Waals surface area contributed by atoms with E-state index in [1.165, 1.54) is 12.1 Å². The van der Waals surface area contributed by atoms with E-state index in [-0.39, 0.29) is 43.0 Å². The van der Waals surface area contributed by atoms with Gasteiger partial charge >= 0.3 is 0 Å². The summed E-state index contributed by atoms with van der Waals surface area (Å²) in [5, 5.41) is 2.32. The molecule has 0 aliphatic rings. The molecule has 0 saturated carbocycles. The minimum atomic E-state index is -0.630. The van der Waals surface area contributed by atoms with E-state index in [4.69, 9.17) is 5.73 Å². The number of halogens is 3. The van der Waals surface area contributed by atoms with Gasteiger partial charge < -0.3 is 11.1 Å². The molecule has 0 bridgehead atoms. The highest BCUT2D eigenvalue weighted by molar-refractivity contribution is 5.85. The highest BCUT2D eigenvalue weighted by atomic mass is 35.5. The monoisotopic (exact) mass is 250 g/mol. The van der Waals surface area contributed by atoms with Crippen molar-refractivity contribution in [1.29, 1.82) is 0 Å². The van der Waals surface area contributed by atoms with Crippen LogP contribution in [0.5, 0.6) is 0 Å². The van der Waals surface area contributed by atoms with Gasteiger partial charge in [0.15, 0.2) is 0 Å². The van der Waals surface area contributed by atoms with Crippen molar-refractivity contribution in [3.63, 3.8) is 0 Å². The first-order chi connectivity index (χ1) is 7.20.